The number of aromatic amines is 1. The lowest BCUT2D eigenvalue weighted by molar-refractivity contribution is -0.139. The third-order valence-corrected chi connectivity index (χ3v) is 2.61. The lowest BCUT2D eigenvalue weighted by Gasteiger charge is -2.20. The Kier molecular flexibility index (Phi) is 2.83. The van der Waals surface area contributed by atoms with Crippen LogP contribution in [0.3, 0.4) is 0 Å². The minimum atomic E-state index is -0.784. The topological polar surface area (TPSA) is 78.9 Å². The van der Waals surface area contributed by atoms with Gasteiger partial charge in [0.15, 0.2) is 0 Å². The van der Waals surface area contributed by atoms with Crippen LogP contribution < -0.4 is 0 Å². The summed E-state index contributed by atoms with van der Waals surface area (Å²) < 4.78 is 0. The molecule has 0 aliphatic rings. The molecule has 2 aromatic heterocycles. The minimum absolute atomic E-state index is 0.127. The summed E-state index contributed by atoms with van der Waals surface area (Å²) in [5.41, 5.74) is 1.43. The minimum Gasteiger partial charge on any atom is -0.481 e. The summed E-state index contributed by atoms with van der Waals surface area (Å²) in [7, 11) is 0. The maximum Gasteiger partial charge on any atom is 0.303 e. The number of aromatic nitrogens is 3. The van der Waals surface area contributed by atoms with Crippen LogP contribution in [-0.4, -0.2) is 26.0 Å². The van der Waals surface area contributed by atoms with Gasteiger partial charge < -0.3 is 10.1 Å². The molecule has 5 nitrogen and oxygen atoms in total. The van der Waals surface area contributed by atoms with Crippen LogP contribution in [-0.2, 0) is 11.2 Å². The van der Waals surface area contributed by atoms with E-state index < -0.39 is 5.97 Å². The molecule has 2 N–H and O–H groups in total. The lowest BCUT2D eigenvalue weighted by Crippen LogP contribution is -2.20. The first-order chi connectivity index (χ1) is 7.96. The molecular weight excluding hydrogens is 218 g/mol. The van der Waals surface area contributed by atoms with E-state index in [0.717, 1.165) is 16.9 Å². The predicted octanol–water partition coefficient (Wildman–Crippen LogP) is 2.00. The molecule has 0 saturated carbocycles. The average Bonchev–Trinajstić information content (AvgIpc) is 2.55. The van der Waals surface area contributed by atoms with E-state index in [1.54, 1.807) is 12.4 Å². The van der Waals surface area contributed by atoms with Crippen molar-refractivity contribution in [1.29, 1.82) is 0 Å². The summed E-state index contributed by atoms with van der Waals surface area (Å²) >= 11 is 0. The van der Waals surface area contributed by atoms with E-state index in [2.05, 4.69) is 15.0 Å². The second kappa shape index (κ2) is 4.16. The fraction of sp³-hybridized carbons (Fsp3) is 0.417. The summed E-state index contributed by atoms with van der Waals surface area (Å²) in [6.07, 6.45) is 4.14. The second-order valence-corrected chi connectivity index (χ2v) is 4.99. The van der Waals surface area contributed by atoms with Crippen LogP contribution in [0.1, 0.15) is 26.1 Å². The van der Waals surface area contributed by atoms with Crippen molar-refractivity contribution in [3.8, 4) is 0 Å². The Balaban J connectivity index is 2.20. The van der Waals surface area contributed by atoms with Gasteiger partial charge in [0.2, 0.25) is 0 Å². The smallest absolute Gasteiger partial charge is 0.303 e. The zero-order chi connectivity index (χ0) is 12.5. The molecule has 0 saturated heterocycles. The Morgan fingerprint density at radius 3 is 2.94 bits per heavy atom. The van der Waals surface area contributed by atoms with Crippen molar-refractivity contribution in [1.82, 2.24) is 15.0 Å². The number of hydrogen-bond donors (Lipinski definition) is 2. The van der Waals surface area contributed by atoms with E-state index in [4.69, 9.17) is 5.11 Å². The van der Waals surface area contributed by atoms with Gasteiger partial charge >= 0.3 is 5.97 Å². The molecule has 0 fully saturated rings. The molecule has 0 radical (unpaired) electrons. The molecule has 2 aromatic rings. The summed E-state index contributed by atoms with van der Waals surface area (Å²) in [5, 5.41) is 8.83. The van der Waals surface area contributed by atoms with Crippen LogP contribution in [0.5, 0.6) is 0 Å². The largest absolute Gasteiger partial charge is 0.481 e. The zero-order valence-electron chi connectivity index (χ0n) is 9.90. The van der Waals surface area contributed by atoms with Gasteiger partial charge in [0.1, 0.15) is 5.82 Å². The van der Waals surface area contributed by atoms with E-state index in [1.807, 2.05) is 19.9 Å². The first kappa shape index (κ1) is 11.6. The van der Waals surface area contributed by atoms with Crippen molar-refractivity contribution in [3.05, 3.63) is 24.3 Å². The molecule has 0 aliphatic carbocycles. The monoisotopic (exact) mass is 233 g/mol. The van der Waals surface area contributed by atoms with Gasteiger partial charge in [-0.15, -0.1) is 0 Å². The summed E-state index contributed by atoms with van der Waals surface area (Å²) in [5.74, 6) is 0.0204. The number of pyridine rings is 1. The van der Waals surface area contributed by atoms with E-state index in [-0.39, 0.29) is 11.8 Å². The highest BCUT2D eigenvalue weighted by Crippen LogP contribution is 2.25. The fourth-order valence-electron chi connectivity index (χ4n) is 1.92. The van der Waals surface area contributed by atoms with Crippen molar-refractivity contribution < 1.29 is 9.90 Å². The molecule has 0 spiro atoms. The Bertz CT molecular complexity index is 512. The number of imidazole rings is 1. The van der Waals surface area contributed by atoms with Gasteiger partial charge in [-0.05, 0) is 11.5 Å². The number of carbonyl (C=O) groups is 1. The Hall–Kier alpha value is -1.91. The highest BCUT2D eigenvalue weighted by atomic mass is 16.4. The van der Waals surface area contributed by atoms with E-state index in [0.29, 0.717) is 6.42 Å². The number of aliphatic carboxylic acids is 1. The first-order valence-electron chi connectivity index (χ1n) is 5.47. The van der Waals surface area contributed by atoms with Crippen LogP contribution in [0.2, 0.25) is 0 Å². The number of nitrogens with zero attached hydrogens (tertiary/aromatic N) is 2. The van der Waals surface area contributed by atoms with Gasteiger partial charge in [0.25, 0.3) is 0 Å². The molecule has 0 amide bonds. The van der Waals surface area contributed by atoms with Crippen LogP contribution in [0, 0.1) is 5.41 Å². The summed E-state index contributed by atoms with van der Waals surface area (Å²) in [4.78, 5) is 22.3. The number of carboxylic acids is 1. The number of fused-ring (bicyclic) bond motifs is 1. The Labute approximate surface area is 98.9 Å². The number of carboxylic acid groups (broad SMARTS) is 1. The molecule has 0 unspecified atom stereocenters. The van der Waals surface area contributed by atoms with Crippen LogP contribution in [0.15, 0.2) is 18.5 Å². The van der Waals surface area contributed by atoms with E-state index >= 15 is 0 Å². The first-order valence-corrected chi connectivity index (χ1v) is 5.47. The normalized spacial score (nSPS) is 11.9. The second-order valence-electron chi connectivity index (χ2n) is 4.99. The van der Waals surface area contributed by atoms with E-state index in [1.165, 1.54) is 0 Å². The molecule has 0 aromatic carbocycles. The van der Waals surface area contributed by atoms with E-state index in [9.17, 15) is 4.79 Å². The molecule has 0 atom stereocenters. The van der Waals surface area contributed by atoms with Crippen LogP contribution in [0.25, 0.3) is 11.0 Å². The van der Waals surface area contributed by atoms with Crippen molar-refractivity contribution >= 4 is 17.0 Å². The van der Waals surface area contributed by atoms with Gasteiger partial charge in [0, 0.05) is 12.6 Å². The number of rotatable bonds is 4. The Morgan fingerprint density at radius 1 is 1.53 bits per heavy atom. The maximum atomic E-state index is 10.7. The summed E-state index contributed by atoms with van der Waals surface area (Å²) in [6.45, 7) is 3.85. The average molecular weight is 233 g/mol. The standard InChI is InChI=1S/C12H15N3O2/c1-12(2,6-11(16)17)5-10-14-8-3-4-13-7-9(8)15-10/h3-4,7H,5-6H2,1-2H3,(H,14,15)(H,16,17). The highest BCUT2D eigenvalue weighted by Gasteiger charge is 2.23. The Morgan fingerprint density at radius 2 is 2.29 bits per heavy atom. The summed E-state index contributed by atoms with van der Waals surface area (Å²) in [6, 6.07) is 1.83. The fourth-order valence-corrected chi connectivity index (χ4v) is 1.92. The molecule has 90 valence electrons. The third kappa shape index (κ3) is 2.81. The van der Waals surface area contributed by atoms with Crippen molar-refractivity contribution in [3.63, 3.8) is 0 Å². The quantitative estimate of drug-likeness (QED) is 0.846. The molecule has 0 bridgehead atoms. The SMILES string of the molecule is CC(C)(CC(=O)O)Cc1nc2ccncc2[nH]1. The third-order valence-electron chi connectivity index (χ3n) is 2.61. The maximum absolute atomic E-state index is 10.7. The van der Waals surface area contributed by atoms with Crippen molar-refractivity contribution in [2.75, 3.05) is 0 Å². The number of nitrogens with one attached hydrogen (secondary N) is 1. The molecule has 17 heavy (non-hydrogen) atoms. The van der Waals surface area contributed by atoms with Crippen molar-refractivity contribution in [2.24, 2.45) is 5.41 Å². The molecule has 2 rings (SSSR count). The van der Waals surface area contributed by atoms with Crippen molar-refractivity contribution in [2.45, 2.75) is 26.7 Å². The highest BCUT2D eigenvalue weighted by molar-refractivity contribution is 5.73. The van der Waals surface area contributed by atoms with Gasteiger partial charge in [-0.2, -0.15) is 0 Å². The zero-order valence-corrected chi connectivity index (χ0v) is 9.90. The molecular formula is C12H15N3O2. The number of H-pyrrole nitrogens is 1. The van der Waals surface area contributed by atoms with Gasteiger partial charge in [-0.25, -0.2) is 4.98 Å². The number of hydrogen-bond acceptors (Lipinski definition) is 3. The van der Waals surface area contributed by atoms with Crippen LogP contribution in [0.4, 0.5) is 0 Å². The van der Waals surface area contributed by atoms with Gasteiger partial charge in [-0.3, -0.25) is 9.78 Å². The van der Waals surface area contributed by atoms with Gasteiger partial charge in [-0.1, -0.05) is 13.8 Å². The molecule has 5 heteroatoms. The van der Waals surface area contributed by atoms with Gasteiger partial charge in [0.05, 0.1) is 23.7 Å². The molecule has 2 heterocycles. The lowest BCUT2D eigenvalue weighted by atomic mass is 9.85. The van der Waals surface area contributed by atoms with Crippen LogP contribution >= 0.6 is 0 Å². The predicted molar refractivity (Wildman–Crippen MR) is 63.6 cm³/mol. The molecule has 0 aliphatic heterocycles.